The maximum absolute atomic E-state index is 6.64. The van der Waals surface area contributed by atoms with Gasteiger partial charge in [0, 0.05) is 37.1 Å². The highest BCUT2D eigenvalue weighted by molar-refractivity contribution is 6.18. The van der Waals surface area contributed by atoms with Crippen LogP contribution in [0.5, 0.6) is 0 Å². The van der Waals surface area contributed by atoms with Crippen molar-refractivity contribution in [1.82, 2.24) is 0 Å². The van der Waals surface area contributed by atoms with Crippen LogP contribution in [0, 0.1) is 0 Å². The van der Waals surface area contributed by atoms with Crippen molar-refractivity contribution in [3.05, 3.63) is 60.2 Å². The van der Waals surface area contributed by atoms with Crippen molar-refractivity contribution < 1.29 is 9.13 Å². The molecule has 0 radical (unpaired) electrons. The molecule has 0 aliphatic carbocycles. The number of aryl methyl sites for hydroxylation is 2. The predicted molar refractivity (Wildman–Crippen MR) is 156 cm³/mol. The molecular weight excluding hydrogens is 483 g/mol. The van der Waals surface area contributed by atoms with Crippen LogP contribution in [0.1, 0.15) is 139 Å². The number of alkyl halides is 2. The molecule has 0 aliphatic rings. The Labute approximate surface area is 232 Å². The summed E-state index contributed by atoms with van der Waals surface area (Å²) in [4.78, 5) is 0. The summed E-state index contributed by atoms with van der Waals surface area (Å²) in [5.41, 5.74) is 3.01. The molecule has 2 unspecified atom stereocenters. The number of hydrogen-bond donors (Lipinski definition) is 0. The average Bonchev–Trinajstić information content (AvgIpc) is 2.90. The first kappa shape index (κ1) is 31.1. The highest BCUT2D eigenvalue weighted by Gasteiger charge is 2.15. The minimum absolute atomic E-state index is 0.0771. The zero-order valence-corrected chi connectivity index (χ0v) is 24.7. The van der Waals surface area contributed by atoms with Gasteiger partial charge in [0.25, 0.3) is 0 Å². The number of halogens is 2. The van der Waals surface area contributed by atoms with E-state index in [-0.39, 0.29) is 11.0 Å². The molecule has 0 spiro atoms. The van der Waals surface area contributed by atoms with Crippen LogP contribution in [-0.4, -0.2) is 0 Å². The lowest BCUT2D eigenvalue weighted by atomic mass is 10.1. The van der Waals surface area contributed by atoms with E-state index in [9.17, 15) is 0 Å². The maximum Gasteiger partial charge on any atom is 0.232 e. The van der Waals surface area contributed by atoms with Crippen LogP contribution in [-0.2, 0) is 12.8 Å². The molecule has 0 aromatic carbocycles. The first-order chi connectivity index (χ1) is 17.6. The summed E-state index contributed by atoms with van der Waals surface area (Å²) in [7, 11) is 0. The molecule has 2 heterocycles. The summed E-state index contributed by atoms with van der Waals surface area (Å²) in [6.07, 6.45) is 31.2. The molecule has 2 nitrogen and oxygen atoms in total. The highest BCUT2D eigenvalue weighted by atomic mass is 35.5. The fourth-order valence-electron chi connectivity index (χ4n) is 4.79. The van der Waals surface area contributed by atoms with Crippen LogP contribution in [0.25, 0.3) is 0 Å². The number of nitrogens with zero attached hydrogens (tertiary/aromatic N) is 2. The third-order valence-electron chi connectivity index (χ3n) is 7.26. The van der Waals surface area contributed by atoms with Crippen molar-refractivity contribution >= 4 is 23.2 Å². The summed E-state index contributed by atoms with van der Waals surface area (Å²) in [6, 6.07) is 8.95. The zero-order valence-electron chi connectivity index (χ0n) is 23.2. The number of unbranched alkanes of at least 4 members (excludes halogenated alkanes) is 11. The lowest BCUT2D eigenvalue weighted by Crippen LogP contribution is -2.35. The fourth-order valence-corrected chi connectivity index (χ4v) is 5.36. The van der Waals surface area contributed by atoms with Crippen molar-refractivity contribution in [2.24, 2.45) is 0 Å². The Balaban J connectivity index is 1.45. The van der Waals surface area contributed by atoms with Gasteiger partial charge in [0.2, 0.25) is 11.0 Å². The van der Waals surface area contributed by atoms with Gasteiger partial charge in [-0.2, -0.15) is 9.13 Å². The predicted octanol–water partition coefficient (Wildman–Crippen LogP) is 9.80. The Kier molecular flexibility index (Phi) is 17.2. The highest BCUT2D eigenvalue weighted by Crippen LogP contribution is 2.18. The van der Waals surface area contributed by atoms with Gasteiger partial charge in [0.1, 0.15) is 0 Å². The van der Waals surface area contributed by atoms with E-state index in [1.807, 2.05) is 0 Å². The van der Waals surface area contributed by atoms with Crippen molar-refractivity contribution in [3.63, 3.8) is 0 Å². The number of pyridine rings is 2. The van der Waals surface area contributed by atoms with Crippen molar-refractivity contribution in [2.45, 2.75) is 140 Å². The average molecular weight is 536 g/mol. The topological polar surface area (TPSA) is 7.76 Å². The van der Waals surface area contributed by atoms with E-state index >= 15 is 0 Å². The normalized spacial score (nSPS) is 13.1. The molecule has 0 bridgehead atoms. The molecule has 2 rings (SSSR count). The molecule has 36 heavy (non-hydrogen) atoms. The van der Waals surface area contributed by atoms with E-state index in [2.05, 4.69) is 72.0 Å². The molecule has 2 aromatic heterocycles. The van der Waals surface area contributed by atoms with Gasteiger partial charge in [-0.3, -0.25) is 0 Å². The molecule has 0 fully saturated rings. The van der Waals surface area contributed by atoms with Gasteiger partial charge in [0.15, 0.2) is 24.8 Å². The van der Waals surface area contributed by atoms with Crippen molar-refractivity contribution in [1.29, 1.82) is 0 Å². The molecule has 0 N–H and O–H groups in total. The maximum atomic E-state index is 6.64. The lowest BCUT2D eigenvalue weighted by molar-refractivity contribution is -0.703. The monoisotopic (exact) mass is 534 g/mol. The first-order valence-corrected chi connectivity index (χ1v) is 15.8. The third-order valence-corrected chi connectivity index (χ3v) is 8.15. The molecule has 0 saturated carbocycles. The summed E-state index contributed by atoms with van der Waals surface area (Å²) < 4.78 is 4.32. The van der Waals surface area contributed by atoms with Crippen LogP contribution in [0.4, 0.5) is 0 Å². The van der Waals surface area contributed by atoms with Gasteiger partial charge in [0.05, 0.1) is 0 Å². The smallest absolute Gasteiger partial charge is 0.188 e. The molecular formula is C32H52Cl2N2+2. The van der Waals surface area contributed by atoms with Crippen molar-refractivity contribution in [2.75, 3.05) is 0 Å². The summed E-state index contributed by atoms with van der Waals surface area (Å²) >= 11 is 13.3. The SMILES string of the molecule is CCCCCc1cc[n+](C(Cl)CCCCCCCCCCC(Cl)[n+]2ccc(CCCCC)cc2)cc1. The largest absolute Gasteiger partial charge is 0.232 e. The minimum Gasteiger partial charge on any atom is -0.188 e. The molecule has 0 aliphatic heterocycles. The van der Waals surface area contributed by atoms with Crippen LogP contribution in [0.3, 0.4) is 0 Å². The van der Waals surface area contributed by atoms with Gasteiger partial charge >= 0.3 is 0 Å². The van der Waals surface area contributed by atoms with E-state index in [1.165, 1.54) is 114 Å². The first-order valence-electron chi connectivity index (χ1n) is 14.9. The zero-order chi connectivity index (χ0) is 25.8. The molecule has 0 saturated heterocycles. The quantitative estimate of drug-likeness (QED) is 0.0854. The second-order valence-corrected chi connectivity index (χ2v) is 11.5. The second-order valence-electron chi connectivity index (χ2n) is 10.5. The van der Waals surface area contributed by atoms with Crippen LogP contribution >= 0.6 is 23.2 Å². The van der Waals surface area contributed by atoms with Crippen molar-refractivity contribution in [3.8, 4) is 0 Å². The number of rotatable bonds is 21. The number of hydrogen-bond acceptors (Lipinski definition) is 0. The third kappa shape index (κ3) is 13.4. The molecule has 2 aromatic rings. The minimum atomic E-state index is 0.0771. The van der Waals surface area contributed by atoms with E-state index < -0.39 is 0 Å². The van der Waals surface area contributed by atoms with Crippen LogP contribution < -0.4 is 9.13 Å². The van der Waals surface area contributed by atoms with E-state index in [4.69, 9.17) is 23.2 Å². The molecule has 2 atom stereocenters. The molecule has 202 valence electrons. The summed E-state index contributed by atoms with van der Waals surface area (Å²) in [6.45, 7) is 4.51. The Morgan fingerprint density at radius 3 is 1.17 bits per heavy atom. The lowest BCUT2D eigenvalue weighted by Gasteiger charge is -2.07. The van der Waals surface area contributed by atoms with Gasteiger partial charge in [-0.15, -0.1) is 0 Å². The van der Waals surface area contributed by atoms with Crippen LogP contribution in [0.15, 0.2) is 49.1 Å². The Hall–Kier alpha value is -1.12. The van der Waals surface area contributed by atoms with Gasteiger partial charge < -0.3 is 0 Å². The Morgan fingerprint density at radius 2 is 0.833 bits per heavy atom. The number of aromatic nitrogens is 2. The Morgan fingerprint density at radius 1 is 0.500 bits per heavy atom. The molecule has 4 heteroatoms. The summed E-state index contributed by atoms with van der Waals surface area (Å²) in [5, 5.41) is 0. The van der Waals surface area contributed by atoms with Gasteiger partial charge in [-0.1, -0.05) is 78.1 Å². The van der Waals surface area contributed by atoms with E-state index in [0.29, 0.717) is 0 Å². The van der Waals surface area contributed by atoms with E-state index in [1.54, 1.807) is 0 Å². The van der Waals surface area contributed by atoms with Gasteiger partial charge in [-0.25, -0.2) is 0 Å². The summed E-state index contributed by atoms with van der Waals surface area (Å²) in [5.74, 6) is 0. The standard InChI is InChI=1S/C32H52Cl2N2/c1-3-5-13-17-29-21-25-35(26-22-29)31(33)19-15-11-9-7-8-10-12-16-20-32(34)36-27-23-30(24-28-36)18-14-6-4-2/h21-28,31-32H,3-20H2,1-2H3/q+2. The molecule has 0 amide bonds. The van der Waals surface area contributed by atoms with Gasteiger partial charge in [-0.05, 0) is 72.9 Å². The Bertz CT molecular complexity index is 708. The second kappa shape index (κ2) is 19.9. The fraction of sp³-hybridized carbons (Fsp3) is 0.688. The van der Waals surface area contributed by atoms with E-state index in [0.717, 1.165) is 12.8 Å². The van der Waals surface area contributed by atoms with Crippen LogP contribution in [0.2, 0.25) is 0 Å².